The summed E-state index contributed by atoms with van der Waals surface area (Å²) in [7, 11) is 1.00. The van der Waals surface area contributed by atoms with Gasteiger partial charge in [-0.1, -0.05) is 38.7 Å². The molecule has 1 aromatic carbocycles. The number of carbonyl (C=O) groups excluding carboxylic acids is 1. The van der Waals surface area contributed by atoms with Crippen molar-refractivity contribution in [2.45, 2.75) is 45.4 Å². The van der Waals surface area contributed by atoms with E-state index in [-0.39, 0.29) is 11.3 Å². The highest BCUT2D eigenvalue weighted by Gasteiger charge is 2.17. The molecule has 0 radical (unpaired) electrons. The lowest BCUT2D eigenvalue weighted by Crippen LogP contribution is -2.16. The van der Waals surface area contributed by atoms with E-state index in [2.05, 4.69) is 6.92 Å². The fraction of sp³-hybridized carbons (Fsp3) is 0.364. The summed E-state index contributed by atoms with van der Waals surface area (Å²) in [5, 5.41) is 8.61. The van der Waals surface area contributed by atoms with Gasteiger partial charge in [-0.2, -0.15) is 0 Å². The van der Waals surface area contributed by atoms with Crippen LogP contribution in [0.4, 0.5) is 8.78 Å². The Morgan fingerprint density at radius 1 is 1.07 bits per heavy atom. The van der Waals surface area contributed by atoms with Gasteiger partial charge < -0.3 is 5.11 Å². The average molecular weight is 422 g/mol. The molecule has 0 spiro atoms. The summed E-state index contributed by atoms with van der Waals surface area (Å²) in [5.74, 6) is -1.85. The lowest BCUT2D eigenvalue weighted by Gasteiger charge is -2.12. The summed E-state index contributed by atoms with van der Waals surface area (Å²) in [4.78, 5) is 24.4. The molecular formula is C22H25F2NO3S. The molecule has 0 saturated heterocycles. The van der Waals surface area contributed by atoms with E-state index in [1.54, 1.807) is 5.38 Å². The Balaban J connectivity index is 0.00000145. The highest BCUT2D eigenvalue weighted by atomic mass is 32.1. The van der Waals surface area contributed by atoms with Gasteiger partial charge in [-0.15, -0.1) is 11.3 Å². The molecule has 0 amide bonds. The number of aliphatic hydroxyl groups excluding tert-OH is 1. The maximum absolute atomic E-state index is 13.8. The van der Waals surface area contributed by atoms with Crippen LogP contribution in [0, 0.1) is 11.6 Å². The molecular weight excluding hydrogens is 396 g/mol. The van der Waals surface area contributed by atoms with Crippen molar-refractivity contribution in [2.24, 2.45) is 0 Å². The fourth-order valence-corrected chi connectivity index (χ4v) is 4.38. The Hall–Kier alpha value is -2.38. The molecule has 2 aromatic heterocycles. The number of benzene rings is 1. The summed E-state index contributed by atoms with van der Waals surface area (Å²) in [6, 6.07) is 5.27. The molecule has 0 saturated carbocycles. The second-order valence-electron chi connectivity index (χ2n) is 6.59. The lowest BCUT2D eigenvalue weighted by atomic mass is 9.97. The van der Waals surface area contributed by atoms with E-state index in [1.807, 2.05) is 0 Å². The van der Waals surface area contributed by atoms with E-state index in [9.17, 15) is 18.4 Å². The Kier molecular flexibility index (Phi) is 8.67. The molecule has 2 heterocycles. The molecule has 156 valence electrons. The summed E-state index contributed by atoms with van der Waals surface area (Å²) in [6.45, 7) is 2.15. The minimum atomic E-state index is -0.932. The number of aliphatic hydroxyl groups is 1. The van der Waals surface area contributed by atoms with Gasteiger partial charge in [0.15, 0.2) is 17.9 Å². The summed E-state index contributed by atoms with van der Waals surface area (Å²) >= 11 is 1.26. The Morgan fingerprint density at radius 2 is 1.79 bits per heavy atom. The maximum atomic E-state index is 13.8. The fourth-order valence-electron chi connectivity index (χ4n) is 3.32. The van der Waals surface area contributed by atoms with Crippen molar-refractivity contribution in [1.29, 1.82) is 0 Å². The van der Waals surface area contributed by atoms with Gasteiger partial charge in [0.25, 0.3) is 5.56 Å². The van der Waals surface area contributed by atoms with E-state index in [0.29, 0.717) is 28.7 Å². The van der Waals surface area contributed by atoms with Crippen molar-refractivity contribution in [3.63, 3.8) is 0 Å². The third-order valence-corrected chi connectivity index (χ3v) is 5.65. The minimum absolute atomic E-state index is 0.262. The van der Waals surface area contributed by atoms with Crippen molar-refractivity contribution >= 4 is 22.5 Å². The number of pyridine rings is 1. The van der Waals surface area contributed by atoms with Gasteiger partial charge >= 0.3 is 0 Å². The molecule has 0 aliphatic carbocycles. The van der Waals surface area contributed by atoms with Crippen LogP contribution in [0.5, 0.6) is 0 Å². The Labute approximate surface area is 172 Å². The second-order valence-corrected chi connectivity index (χ2v) is 7.45. The van der Waals surface area contributed by atoms with Crippen LogP contribution in [0.25, 0.3) is 16.0 Å². The molecule has 0 atom stereocenters. The highest BCUT2D eigenvalue weighted by molar-refractivity contribution is 7.16. The first kappa shape index (κ1) is 22.9. The van der Waals surface area contributed by atoms with Crippen LogP contribution in [0.3, 0.4) is 0 Å². The second kappa shape index (κ2) is 11.0. The van der Waals surface area contributed by atoms with E-state index >= 15 is 0 Å². The molecule has 0 aliphatic heterocycles. The smallest absolute Gasteiger partial charge is 0.256 e. The normalized spacial score (nSPS) is 10.7. The maximum Gasteiger partial charge on any atom is 0.256 e. The standard InChI is InChI=1S/C21H21F2NO2S.CH4O/c1-2-3-4-5-6-7-14-11-19(26)24-16(12-25)13-27-21(24)20(14)15-8-9-17(22)18(23)10-15;1-2/h8-13H,2-7H2,1H3;2H,1H3. The van der Waals surface area contributed by atoms with Gasteiger partial charge in [-0.05, 0) is 36.1 Å². The van der Waals surface area contributed by atoms with Crippen molar-refractivity contribution in [1.82, 2.24) is 4.40 Å². The van der Waals surface area contributed by atoms with Gasteiger partial charge in [0.2, 0.25) is 0 Å². The number of halogens is 2. The molecule has 1 N–H and O–H groups in total. The molecule has 0 unspecified atom stereocenters. The van der Waals surface area contributed by atoms with E-state index < -0.39 is 11.6 Å². The largest absolute Gasteiger partial charge is 0.400 e. The molecule has 4 nitrogen and oxygen atoms in total. The summed E-state index contributed by atoms with van der Waals surface area (Å²) < 4.78 is 28.6. The third kappa shape index (κ3) is 5.16. The number of hydrogen-bond acceptors (Lipinski definition) is 4. The number of aromatic nitrogens is 1. The van der Waals surface area contributed by atoms with Crippen LogP contribution < -0.4 is 5.56 Å². The number of hydrogen-bond donors (Lipinski definition) is 1. The molecule has 0 bridgehead atoms. The quantitative estimate of drug-likeness (QED) is 0.400. The monoisotopic (exact) mass is 421 g/mol. The summed E-state index contributed by atoms with van der Waals surface area (Å²) in [5.41, 5.74) is 2.00. The van der Waals surface area contributed by atoms with Crippen LogP contribution in [0.2, 0.25) is 0 Å². The number of carbonyl (C=O) groups is 1. The number of aldehydes is 1. The van der Waals surface area contributed by atoms with E-state index in [1.165, 1.54) is 34.3 Å². The number of aryl methyl sites for hydroxylation is 1. The third-order valence-electron chi connectivity index (χ3n) is 4.68. The number of unbranched alkanes of at least 4 members (excludes halogenated alkanes) is 4. The van der Waals surface area contributed by atoms with Crippen molar-refractivity contribution in [2.75, 3.05) is 7.11 Å². The van der Waals surface area contributed by atoms with Gasteiger partial charge in [-0.25, -0.2) is 8.78 Å². The first-order valence-corrected chi connectivity index (χ1v) is 10.5. The van der Waals surface area contributed by atoms with Crippen LogP contribution in [-0.4, -0.2) is 22.9 Å². The number of fused-ring (bicyclic) bond motifs is 1. The van der Waals surface area contributed by atoms with Crippen molar-refractivity contribution in [3.05, 3.63) is 62.9 Å². The number of rotatable bonds is 8. The first-order chi connectivity index (χ1) is 14.1. The topological polar surface area (TPSA) is 58.8 Å². The number of nitrogens with zero attached hydrogens (tertiary/aromatic N) is 1. The predicted molar refractivity (Wildman–Crippen MR) is 113 cm³/mol. The SMILES string of the molecule is CCCCCCCc1cc(=O)n2c(C=O)csc2c1-c1ccc(F)c(F)c1.CO. The zero-order valence-electron chi connectivity index (χ0n) is 16.6. The van der Waals surface area contributed by atoms with Gasteiger partial charge in [0, 0.05) is 24.1 Å². The lowest BCUT2D eigenvalue weighted by molar-refractivity contribution is 0.111. The zero-order chi connectivity index (χ0) is 21.4. The molecule has 0 fully saturated rings. The van der Waals surface area contributed by atoms with Crippen LogP contribution in [0.15, 0.2) is 34.4 Å². The predicted octanol–water partition coefficient (Wildman–Crippen LogP) is 5.24. The van der Waals surface area contributed by atoms with Gasteiger partial charge in [0.1, 0.15) is 4.83 Å². The van der Waals surface area contributed by atoms with Crippen molar-refractivity contribution < 1.29 is 18.7 Å². The highest BCUT2D eigenvalue weighted by Crippen LogP contribution is 2.33. The van der Waals surface area contributed by atoms with Gasteiger partial charge in [-0.3, -0.25) is 14.0 Å². The average Bonchev–Trinajstić information content (AvgIpc) is 3.16. The van der Waals surface area contributed by atoms with E-state index in [0.717, 1.165) is 50.5 Å². The Morgan fingerprint density at radius 3 is 2.45 bits per heavy atom. The van der Waals surface area contributed by atoms with Crippen molar-refractivity contribution in [3.8, 4) is 11.1 Å². The number of thiazole rings is 1. The summed E-state index contributed by atoms with van der Waals surface area (Å²) in [6.07, 6.45) is 6.73. The molecule has 3 aromatic rings. The molecule has 29 heavy (non-hydrogen) atoms. The molecule has 7 heteroatoms. The zero-order valence-corrected chi connectivity index (χ0v) is 17.4. The molecule has 3 rings (SSSR count). The van der Waals surface area contributed by atoms with Crippen LogP contribution >= 0.6 is 11.3 Å². The van der Waals surface area contributed by atoms with Gasteiger partial charge in [0.05, 0.1) is 5.69 Å². The first-order valence-electron chi connectivity index (χ1n) is 9.58. The van der Waals surface area contributed by atoms with E-state index in [4.69, 9.17) is 5.11 Å². The van der Waals surface area contributed by atoms with Crippen LogP contribution in [0.1, 0.15) is 55.1 Å². The molecule has 0 aliphatic rings. The Bertz CT molecular complexity index is 1030. The van der Waals surface area contributed by atoms with Crippen LogP contribution in [-0.2, 0) is 6.42 Å². The minimum Gasteiger partial charge on any atom is -0.400 e.